The predicted octanol–water partition coefficient (Wildman–Crippen LogP) is 3.07. The first-order valence-corrected chi connectivity index (χ1v) is 11.7. The molecule has 164 valence electrons. The normalized spacial score (nSPS) is 13.2. The van der Waals surface area contributed by atoms with E-state index in [2.05, 4.69) is 51.2 Å². The molecule has 1 aromatic heterocycles. The Labute approximate surface area is 182 Å². The molecule has 0 saturated carbocycles. The zero-order chi connectivity index (χ0) is 21.3. The fourth-order valence-corrected chi connectivity index (χ4v) is 3.73. The van der Waals surface area contributed by atoms with Crippen molar-refractivity contribution in [1.82, 2.24) is 25.4 Å². The summed E-state index contributed by atoms with van der Waals surface area (Å²) in [6, 6.07) is 5.94. The third-order valence-corrected chi connectivity index (χ3v) is 5.26. The van der Waals surface area contributed by atoms with E-state index in [1.54, 1.807) is 11.8 Å². The van der Waals surface area contributed by atoms with E-state index >= 15 is 0 Å². The van der Waals surface area contributed by atoms with Crippen LogP contribution < -0.4 is 20.1 Å². The molecule has 3 rings (SSSR count). The molecule has 0 spiro atoms. The monoisotopic (exact) mass is 432 g/mol. The minimum absolute atomic E-state index is 0.287. The average Bonchev–Trinajstić information content (AvgIpc) is 3.35. The summed E-state index contributed by atoms with van der Waals surface area (Å²) in [5.74, 6) is 4.01. The summed E-state index contributed by atoms with van der Waals surface area (Å²) < 4.78 is 13.0. The van der Waals surface area contributed by atoms with Crippen LogP contribution >= 0.6 is 11.8 Å². The van der Waals surface area contributed by atoms with Crippen molar-refractivity contribution in [2.24, 2.45) is 10.9 Å². The van der Waals surface area contributed by atoms with E-state index < -0.39 is 0 Å². The van der Waals surface area contributed by atoms with Gasteiger partial charge >= 0.3 is 0 Å². The van der Waals surface area contributed by atoms with Crippen molar-refractivity contribution in [1.29, 1.82) is 0 Å². The van der Waals surface area contributed by atoms with Gasteiger partial charge in [0.1, 0.15) is 5.82 Å². The largest absolute Gasteiger partial charge is 0.454 e. The molecule has 0 atom stereocenters. The van der Waals surface area contributed by atoms with Crippen LogP contribution in [-0.2, 0) is 19.5 Å². The van der Waals surface area contributed by atoms with Crippen molar-refractivity contribution >= 4 is 17.7 Å². The van der Waals surface area contributed by atoms with E-state index in [1.165, 1.54) is 0 Å². The van der Waals surface area contributed by atoms with Crippen LogP contribution in [0.5, 0.6) is 11.5 Å². The van der Waals surface area contributed by atoms with Crippen LogP contribution in [0.1, 0.15) is 38.6 Å². The molecule has 8 nitrogen and oxygen atoms in total. The highest BCUT2D eigenvalue weighted by Crippen LogP contribution is 2.32. The summed E-state index contributed by atoms with van der Waals surface area (Å²) in [5.41, 5.74) is 1.09. The lowest BCUT2D eigenvalue weighted by molar-refractivity contribution is 0.174. The number of hydrogen-bond donors (Lipinski definition) is 2. The molecule has 1 aliphatic rings. The van der Waals surface area contributed by atoms with Crippen LogP contribution in [0.4, 0.5) is 0 Å². The highest BCUT2D eigenvalue weighted by atomic mass is 32.2. The van der Waals surface area contributed by atoms with Crippen LogP contribution in [0.3, 0.4) is 0 Å². The lowest BCUT2D eigenvalue weighted by Crippen LogP contribution is -2.37. The molecule has 2 aromatic rings. The molecular formula is C21H32N6O2S. The second-order valence-electron chi connectivity index (χ2n) is 7.52. The first-order valence-electron chi connectivity index (χ1n) is 10.5. The number of guanidine groups is 1. The molecular weight excluding hydrogens is 400 g/mol. The average molecular weight is 433 g/mol. The Morgan fingerprint density at radius 3 is 2.83 bits per heavy atom. The number of nitrogens with zero attached hydrogens (tertiary/aromatic N) is 4. The van der Waals surface area contributed by atoms with E-state index in [-0.39, 0.29) is 6.79 Å². The topological polar surface area (TPSA) is 85.6 Å². The number of aromatic nitrogens is 3. The quantitative estimate of drug-likeness (QED) is 0.258. The Bertz CT molecular complexity index is 852. The molecule has 0 radical (unpaired) electrons. The number of aliphatic imine (C=N–C) groups is 1. The van der Waals surface area contributed by atoms with Gasteiger partial charge in [-0.3, -0.25) is 0 Å². The van der Waals surface area contributed by atoms with Crippen molar-refractivity contribution in [3.05, 3.63) is 29.6 Å². The van der Waals surface area contributed by atoms with Gasteiger partial charge in [-0.2, -0.15) is 0 Å². The van der Waals surface area contributed by atoms with Crippen LogP contribution in [-0.4, -0.2) is 46.9 Å². The maximum atomic E-state index is 5.44. The van der Waals surface area contributed by atoms with Gasteiger partial charge in [-0.05, 0) is 43.2 Å². The predicted molar refractivity (Wildman–Crippen MR) is 120 cm³/mol. The van der Waals surface area contributed by atoms with Gasteiger partial charge < -0.3 is 24.7 Å². The van der Waals surface area contributed by atoms with E-state index in [0.29, 0.717) is 12.5 Å². The third-order valence-electron chi connectivity index (χ3n) is 4.59. The molecule has 0 bridgehead atoms. The van der Waals surface area contributed by atoms with Crippen molar-refractivity contribution in [3.63, 3.8) is 0 Å². The van der Waals surface area contributed by atoms with Gasteiger partial charge in [0.05, 0.1) is 6.54 Å². The second-order valence-corrected chi connectivity index (χ2v) is 8.29. The summed E-state index contributed by atoms with van der Waals surface area (Å²) in [6.07, 6.45) is 3.89. The lowest BCUT2D eigenvalue weighted by atomic mass is 10.2. The lowest BCUT2D eigenvalue weighted by Gasteiger charge is -2.13. The Morgan fingerprint density at radius 2 is 2.07 bits per heavy atom. The summed E-state index contributed by atoms with van der Waals surface area (Å²) in [6.45, 7) is 9.94. The minimum atomic E-state index is 0.287. The summed E-state index contributed by atoms with van der Waals surface area (Å²) >= 11 is 1.65. The van der Waals surface area contributed by atoms with E-state index in [9.17, 15) is 0 Å². The number of fused-ring (bicyclic) bond motifs is 1. The van der Waals surface area contributed by atoms with Crippen molar-refractivity contribution in [2.75, 3.05) is 26.1 Å². The number of rotatable bonds is 10. The Morgan fingerprint density at radius 1 is 1.23 bits per heavy atom. The number of aryl methyl sites for hydroxylation is 1. The van der Waals surface area contributed by atoms with Crippen molar-refractivity contribution in [2.45, 2.75) is 51.9 Å². The van der Waals surface area contributed by atoms with E-state index in [4.69, 9.17) is 9.47 Å². The highest BCUT2D eigenvalue weighted by Gasteiger charge is 2.14. The smallest absolute Gasteiger partial charge is 0.231 e. The maximum absolute atomic E-state index is 5.44. The van der Waals surface area contributed by atoms with Crippen LogP contribution in [0.2, 0.25) is 0 Å². The van der Waals surface area contributed by atoms with Crippen LogP contribution in [0.15, 0.2) is 28.3 Å². The molecule has 2 heterocycles. The number of thioether (sulfide) groups is 1. The van der Waals surface area contributed by atoms with Gasteiger partial charge in [-0.1, -0.05) is 31.7 Å². The number of benzene rings is 1. The molecule has 0 fully saturated rings. The van der Waals surface area contributed by atoms with Gasteiger partial charge in [0.2, 0.25) is 6.79 Å². The van der Waals surface area contributed by atoms with Gasteiger partial charge in [-0.15, -0.1) is 10.2 Å². The minimum Gasteiger partial charge on any atom is -0.454 e. The van der Waals surface area contributed by atoms with Crippen molar-refractivity contribution in [3.8, 4) is 11.5 Å². The molecule has 1 aromatic carbocycles. The van der Waals surface area contributed by atoms with E-state index in [1.807, 2.05) is 24.5 Å². The molecule has 30 heavy (non-hydrogen) atoms. The fourth-order valence-electron chi connectivity index (χ4n) is 3.21. The summed E-state index contributed by atoms with van der Waals surface area (Å²) in [5, 5.41) is 16.4. The molecule has 0 aliphatic carbocycles. The number of nitrogens with one attached hydrogen (secondary N) is 2. The van der Waals surface area contributed by atoms with Crippen LogP contribution in [0.25, 0.3) is 0 Å². The number of hydrogen-bond acceptors (Lipinski definition) is 6. The zero-order valence-electron chi connectivity index (χ0n) is 18.3. The standard InChI is InChI=1S/C21H32N6O2S/c1-5-22-20(24-12-16-8-9-17-18(11-16)29-14-28-17)23-10-6-7-19-25-26-21(30-4)27(19)13-15(2)3/h8-9,11,15H,5-7,10,12-14H2,1-4H3,(H2,22,23,24). The SMILES string of the molecule is CCNC(=NCc1ccc2c(c1)OCO2)NCCCc1nnc(SC)n1CC(C)C. The van der Waals surface area contributed by atoms with Gasteiger partial charge in [0.15, 0.2) is 22.6 Å². The summed E-state index contributed by atoms with van der Waals surface area (Å²) in [7, 11) is 0. The molecule has 0 saturated heterocycles. The van der Waals surface area contributed by atoms with Gasteiger partial charge in [0, 0.05) is 26.1 Å². The molecule has 2 N–H and O–H groups in total. The van der Waals surface area contributed by atoms with Crippen molar-refractivity contribution < 1.29 is 9.47 Å². The highest BCUT2D eigenvalue weighted by molar-refractivity contribution is 7.98. The Hall–Kier alpha value is -2.42. The van der Waals surface area contributed by atoms with E-state index in [0.717, 1.165) is 66.5 Å². The molecule has 0 unspecified atom stereocenters. The van der Waals surface area contributed by atoms with Gasteiger partial charge in [-0.25, -0.2) is 4.99 Å². The zero-order valence-corrected chi connectivity index (χ0v) is 19.1. The Kier molecular flexibility index (Phi) is 8.24. The van der Waals surface area contributed by atoms with Gasteiger partial charge in [0.25, 0.3) is 0 Å². The fraction of sp³-hybridized carbons (Fsp3) is 0.571. The van der Waals surface area contributed by atoms with Crippen LogP contribution in [0, 0.1) is 5.92 Å². The molecule has 0 amide bonds. The second kappa shape index (κ2) is 11.1. The first kappa shape index (κ1) is 22.3. The summed E-state index contributed by atoms with van der Waals surface area (Å²) in [4.78, 5) is 4.69. The third kappa shape index (κ3) is 6.04. The first-order chi connectivity index (χ1) is 14.6. The Balaban J connectivity index is 1.51. The maximum Gasteiger partial charge on any atom is 0.231 e. The molecule has 9 heteroatoms. The number of ether oxygens (including phenoxy) is 2. The molecule has 1 aliphatic heterocycles.